The Hall–Kier alpha value is -1.00. The first-order valence-electron chi connectivity index (χ1n) is 3.89. The zero-order valence-corrected chi connectivity index (χ0v) is 9.21. The molecule has 0 aliphatic rings. The number of aromatic nitrogens is 2. The summed E-state index contributed by atoms with van der Waals surface area (Å²) in [4.78, 5) is 15.6. The maximum Gasteiger partial charge on any atom is 0.251 e. The number of rotatable bonds is 2. The van der Waals surface area contributed by atoms with Crippen LogP contribution in [0.2, 0.25) is 10.3 Å². The Kier molecular flexibility index (Phi) is 3.98. The molecule has 0 atom stereocenters. The summed E-state index contributed by atoms with van der Waals surface area (Å²) in [5.41, 5.74) is 0.367. The fourth-order valence-corrected chi connectivity index (χ4v) is 1.28. The maximum absolute atomic E-state index is 5.83. The van der Waals surface area contributed by atoms with Crippen molar-refractivity contribution < 1.29 is 0 Å². The van der Waals surface area contributed by atoms with E-state index in [0.717, 1.165) is 0 Å². The van der Waals surface area contributed by atoms with E-state index in [1.807, 2.05) is 0 Å². The molecule has 0 bridgehead atoms. The zero-order chi connectivity index (χ0) is 10.6. The van der Waals surface area contributed by atoms with Crippen LogP contribution in [0.5, 0.6) is 0 Å². The van der Waals surface area contributed by atoms with Crippen LogP contribution in [0, 0.1) is 0 Å². The van der Waals surface area contributed by atoms with Crippen molar-refractivity contribution in [2.24, 2.45) is 9.98 Å². The second-order valence-electron chi connectivity index (χ2n) is 2.23. The molecule has 0 N–H and O–H groups in total. The minimum absolute atomic E-state index is 0.198. The van der Waals surface area contributed by atoms with E-state index in [0.29, 0.717) is 5.69 Å². The summed E-state index contributed by atoms with van der Waals surface area (Å²) in [6.45, 7) is 3.51. The Morgan fingerprint density at radius 2 is 1.50 bits per heavy atom. The number of aliphatic imine (C=N–C) groups is 2. The third-order valence-corrected chi connectivity index (χ3v) is 1.82. The Bertz CT molecular complexity index is 364. The summed E-state index contributed by atoms with van der Waals surface area (Å²) in [5.74, 6) is 0.234. The average molecular weight is 231 g/mol. The number of hydrogen-bond donors (Lipinski definition) is 0. The van der Waals surface area contributed by atoms with Crippen molar-refractivity contribution >= 4 is 47.3 Å². The molecule has 1 aromatic heterocycles. The summed E-state index contributed by atoms with van der Waals surface area (Å²) in [6, 6.07) is 0. The largest absolute Gasteiger partial charge is 0.255 e. The number of nitrogens with zero attached hydrogens (tertiary/aromatic N) is 4. The van der Waals surface area contributed by atoms with E-state index < -0.39 is 0 Å². The van der Waals surface area contributed by atoms with Crippen LogP contribution in [0.25, 0.3) is 0 Å². The second kappa shape index (κ2) is 5.02. The van der Waals surface area contributed by atoms with Gasteiger partial charge in [-0.1, -0.05) is 23.2 Å². The predicted molar refractivity (Wildman–Crippen MR) is 59.7 cm³/mol. The molecule has 0 aliphatic carbocycles. The van der Waals surface area contributed by atoms with Crippen molar-refractivity contribution in [3.8, 4) is 0 Å². The van der Waals surface area contributed by atoms with Gasteiger partial charge in [-0.2, -0.15) is 9.97 Å². The molecule has 6 heteroatoms. The molecule has 0 spiro atoms. The highest BCUT2D eigenvalue weighted by atomic mass is 35.5. The summed E-state index contributed by atoms with van der Waals surface area (Å²) in [6.07, 6.45) is 3.13. The van der Waals surface area contributed by atoms with Gasteiger partial charge < -0.3 is 0 Å². The van der Waals surface area contributed by atoms with E-state index in [-0.39, 0.29) is 16.3 Å². The average Bonchev–Trinajstić information content (AvgIpc) is 2.12. The minimum atomic E-state index is 0.198. The van der Waals surface area contributed by atoms with Gasteiger partial charge in [-0.25, -0.2) is 4.99 Å². The fraction of sp³-hybridized carbons (Fsp3) is 0.250. The standard InChI is InChI=1S/C8H8Cl2N4/c1-3-11-5-6(9)13-8(12-4-2)14-7(5)10/h3-4H,1-2H3/b11-3+,12-4+. The van der Waals surface area contributed by atoms with Crippen molar-refractivity contribution in [1.29, 1.82) is 0 Å². The van der Waals surface area contributed by atoms with Crippen molar-refractivity contribution in [3.05, 3.63) is 10.3 Å². The van der Waals surface area contributed by atoms with Gasteiger partial charge in [-0.05, 0) is 13.8 Å². The van der Waals surface area contributed by atoms with Gasteiger partial charge in [0.1, 0.15) is 5.69 Å². The highest BCUT2D eigenvalue weighted by Crippen LogP contribution is 2.31. The zero-order valence-electron chi connectivity index (χ0n) is 7.70. The molecule has 14 heavy (non-hydrogen) atoms. The van der Waals surface area contributed by atoms with E-state index in [9.17, 15) is 0 Å². The van der Waals surface area contributed by atoms with Crippen LogP contribution in [-0.4, -0.2) is 22.4 Å². The van der Waals surface area contributed by atoms with Crippen molar-refractivity contribution in [1.82, 2.24) is 9.97 Å². The van der Waals surface area contributed by atoms with E-state index in [4.69, 9.17) is 23.2 Å². The van der Waals surface area contributed by atoms with Gasteiger partial charge in [0.15, 0.2) is 10.3 Å². The predicted octanol–water partition coefficient (Wildman–Crippen LogP) is 3.23. The molecule has 0 aliphatic heterocycles. The van der Waals surface area contributed by atoms with Crippen LogP contribution in [-0.2, 0) is 0 Å². The van der Waals surface area contributed by atoms with E-state index in [1.165, 1.54) is 0 Å². The Morgan fingerprint density at radius 3 is 1.93 bits per heavy atom. The summed E-state index contributed by atoms with van der Waals surface area (Å²) < 4.78 is 0. The van der Waals surface area contributed by atoms with Crippen LogP contribution >= 0.6 is 23.2 Å². The Labute approximate surface area is 91.7 Å². The first-order chi connectivity index (χ1) is 6.69. The lowest BCUT2D eigenvalue weighted by molar-refractivity contribution is 1.13. The van der Waals surface area contributed by atoms with E-state index in [2.05, 4.69) is 20.0 Å². The van der Waals surface area contributed by atoms with Gasteiger partial charge >= 0.3 is 0 Å². The minimum Gasteiger partial charge on any atom is -0.255 e. The molecule has 0 amide bonds. The lowest BCUT2D eigenvalue weighted by atomic mass is 10.5. The molecule has 0 saturated heterocycles. The molecule has 1 rings (SSSR count). The van der Waals surface area contributed by atoms with Gasteiger partial charge in [0.25, 0.3) is 5.95 Å². The van der Waals surface area contributed by atoms with Gasteiger partial charge in [-0.15, -0.1) is 0 Å². The van der Waals surface area contributed by atoms with Crippen molar-refractivity contribution in [2.45, 2.75) is 13.8 Å². The molecular formula is C8H8Cl2N4. The van der Waals surface area contributed by atoms with Crippen molar-refractivity contribution in [3.63, 3.8) is 0 Å². The van der Waals surface area contributed by atoms with Crippen LogP contribution in [0.1, 0.15) is 13.8 Å². The number of halogens is 2. The Balaban J connectivity index is 3.24. The summed E-state index contributed by atoms with van der Waals surface area (Å²) in [5, 5.41) is 0.396. The fourth-order valence-electron chi connectivity index (χ4n) is 0.800. The SMILES string of the molecule is C/C=N/c1nc(Cl)c(/N=C/C)c(Cl)n1. The summed E-state index contributed by atoms with van der Waals surface area (Å²) in [7, 11) is 0. The highest BCUT2D eigenvalue weighted by molar-refractivity contribution is 6.37. The molecule has 0 radical (unpaired) electrons. The normalized spacial score (nSPS) is 11.7. The van der Waals surface area contributed by atoms with Crippen LogP contribution in [0.3, 0.4) is 0 Å². The maximum atomic E-state index is 5.83. The monoisotopic (exact) mass is 230 g/mol. The molecule has 1 aromatic rings. The van der Waals surface area contributed by atoms with Gasteiger partial charge in [-0.3, -0.25) is 4.99 Å². The number of hydrogen-bond acceptors (Lipinski definition) is 4. The molecule has 1 heterocycles. The molecule has 0 fully saturated rings. The first-order valence-corrected chi connectivity index (χ1v) is 4.65. The smallest absolute Gasteiger partial charge is 0.251 e. The van der Waals surface area contributed by atoms with Crippen LogP contribution < -0.4 is 0 Å². The lowest BCUT2D eigenvalue weighted by Gasteiger charge is -2.00. The van der Waals surface area contributed by atoms with E-state index in [1.54, 1.807) is 26.3 Å². The summed E-state index contributed by atoms with van der Waals surface area (Å²) >= 11 is 11.7. The molecular weight excluding hydrogens is 223 g/mol. The highest BCUT2D eigenvalue weighted by Gasteiger charge is 2.08. The van der Waals surface area contributed by atoms with Crippen LogP contribution in [0.15, 0.2) is 9.98 Å². The topological polar surface area (TPSA) is 50.5 Å². The molecule has 0 saturated carbocycles. The quantitative estimate of drug-likeness (QED) is 0.579. The molecule has 0 aromatic carbocycles. The third-order valence-electron chi connectivity index (χ3n) is 1.29. The van der Waals surface area contributed by atoms with E-state index >= 15 is 0 Å². The van der Waals surface area contributed by atoms with Crippen LogP contribution in [0.4, 0.5) is 11.6 Å². The molecule has 4 nitrogen and oxygen atoms in total. The molecule has 74 valence electrons. The van der Waals surface area contributed by atoms with Gasteiger partial charge in [0, 0.05) is 12.4 Å². The molecule has 0 unspecified atom stereocenters. The van der Waals surface area contributed by atoms with Gasteiger partial charge in [0.2, 0.25) is 0 Å². The Morgan fingerprint density at radius 1 is 1.00 bits per heavy atom. The third kappa shape index (κ3) is 2.49. The van der Waals surface area contributed by atoms with Crippen molar-refractivity contribution in [2.75, 3.05) is 0 Å². The first kappa shape index (κ1) is 11.1. The second-order valence-corrected chi connectivity index (χ2v) is 2.94. The lowest BCUT2D eigenvalue weighted by Crippen LogP contribution is -1.85. The van der Waals surface area contributed by atoms with Gasteiger partial charge in [0.05, 0.1) is 0 Å².